The molecule has 144 valence electrons. The van der Waals surface area contributed by atoms with Gasteiger partial charge in [-0.3, -0.25) is 9.78 Å². The Kier molecular flexibility index (Phi) is 7.80. The number of carbonyl (C=O) groups is 2. The van der Waals surface area contributed by atoms with Crippen LogP contribution in [-0.2, 0) is 16.1 Å². The lowest BCUT2D eigenvalue weighted by molar-refractivity contribution is -0.125. The number of carbonyl (C=O) groups excluding carboxylic acids is 2. The average Bonchev–Trinajstić information content (AvgIpc) is 2.62. The van der Waals surface area contributed by atoms with Crippen LogP contribution in [0.2, 0.25) is 0 Å². The van der Waals surface area contributed by atoms with Gasteiger partial charge in [-0.1, -0.05) is 13.8 Å². The Balaban J connectivity index is 1.88. The summed E-state index contributed by atoms with van der Waals surface area (Å²) in [6.45, 7) is 5.24. The van der Waals surface area contributed by atoms with Crippen LogP contribution in [0.15, 0.2) is 24.5 Å². The van der Waals surface area contributed by atoms with Gasteiger partial charge < -0.3 is 25.8 Å². The second-order valence-corrected chi connectivity index (χ2v) is 6.93. The van der Waals surface area contributed by atoms with E-state index >= 15 is 0 Å². The number of alkyl carbamates (subject to hydrolysis) is 1. The van der Waals surface area contributed by atoms with E-state index in [9.17, 15) is 14.7 Å². The van der Waals surface area contributed by atoms with Crippen LogP contribution in [0, 0.1) is 5.92 Å². The lowest BCUT2D eigenvalue weighted by atomic mass is 10.00. The zero-order chi connectivity index (χ0) is 18.9. The van der Waals surface area contributed by atoms with Crippen LogP contribution in [0.1, 0.15) is 32.3 Å². The first kappa shape index (κ1) is 20.1. The highest BCUT2D eigenvalue weighted by atomic mass is 16.5. The normalized spacial score (nSPS) is 21.1. The van der Waals surface area contributed by atoms with Gasteiger partial charge in [0.05, 0.1) is 12.1 Å². The highest BCUT2D eigenvalue weighted by Crippen LogP contribution is 2.09. The summed E-state index contributed by atoms with van der Waals surface area (Å²) in [5, 5.41) is 18.5. The maximum atomic E-state index is 12.6. The number of aromatic nitrogens is 1. The molecule has 2 heterocycles. The number of ether oxygens (including phenoxy) is 1. The Morgan fingerprint density at radius 2 is 2.12 bits per heavy atom. The predicted molar refractivity (Wildman–Crippen MR) is 96.2 cm³/mol. The van der Waals surface area contributed by atoms with E-state index in [-0.39, 0.29) is 24.5 Å². The van der Waals surface area contributed by atoms with Crippen molar-refractivity contribution < 1.29 is 19.4 Å². The highest BCUT2D eigenvalue weighted by Gasteiger charge is 2.29. The molecular formula is C18H28N4O4. The van der Waals surface area contributed by atoms with Gasteiger partial charge in [0.1, 0.15) is 12.6 Å². The number of aliphatic hydroxyl groups excluding tert-OH is 1. The molecule has 1 fully saturated rings. The van der Waals surface area contributed by atoms with Crippen molar-refractivity contribution in [2.45, 2.75) is 51.5 Å². The summed E-state index contributed by atoms with van der Waals surface area (Å²) in [6.07, 6.45) is 3.09. The molecule has 0 aliphatic carbocycles. The molecule has 4 N–H and O–H groups in total. The fourth-order valence-corrected chi connectivity index (χ4v) is 2.81. The Labute approximate surface area is 153 Å². The zero-order valence-corrected chi connectivity index (χ0v) is 15.3. The van der Waals surface area contributed by atoms with Gasteiger partial charge in [0, 0.05) is 18.9 Å². The third-order valence-corrected chi connectivity index (χ3v) is 4.21. The molecule has 1 aliphatic heterocycles. The molecule has 0 radical (unpaired) electrons. The van der Waals surface area contributed by atoms with E-state index in [2.05, 4.69) is 20.9 Å². The Morgan fingerprint density at radius 3 is 2.77 bits per heavy atom. The minimum atomic E-state index is -0.706. The topological polar surface area (TPSA) is 113 Å². The number of β-amino-alcohol motifs (C(OH)–C–C–N with tert-alkyl or cyclic N) is 1. The fourth-order valence-electron chi connectivity index (χ4n) is 2.81. The standard InChI is InChI=1S/C18H28N4O4/c1-12(2)9-15(17(24)21-14-5-8-20-10-16(14)23)22-18(25)26-11-13-3-6-19-7-4-13/h3-4,6-7,12,14-16,20,23H,5,8-11H2,1-2H3,(H,21,24)(H,22,25)/t14?,15-,16?/m0/s1. The Morgan fingerprint density at radius 1 is 1.38 bits per heavy atom. The van der Waals surface area contributed by atoms with Gasteiger partial charge in [0.2, 0.25) is 5.91 Å². The molecule has 26 heavy (non-hydrogen) atoms. The summed E-state index contributed by atoms with van der Waals surface area (Å²) in [4.78, 5) is 28.6. The van der Waals surface area contributed by atoms with Crippen molar-refractivity contribution in [2.75, 3.05) is 13.1 Å². The molecule has 8 heteroatoms. The Bertz CT molecular complexity index is 582. The zero-order valence-electron chi connectivity index (χ0n) is 15.3. The van der Waals surface area contributed by atoms with Gasteiger partial charge in [-0.25, -0.2) is 4.79 Å². The molecule has 0 saturated carbocycles. The lowest BCUT2D eigenvalue weighted by Crippen LogP contribution is -2.57. The van der Waals surface area contributed by atoms with Crippen molar-refractivity contribution in [3.63, 3.8) is 0 Å². The third kappa shape index (κ3) is 6.61. The van der Waals surface area contributed by atoms with E-state index in [1.54, 1.807) is 24.5 Å². The van der Waals surface area contributed by atoms with Crippen LogP contribution in [-0.4, -0.2) is 53.4 Å². The highest BCUT2D eigenvalue weighted by molar-refractivity contribution is 5.85. The van der Waals surface area contributed by atoms with Crippen molar-refractivity contribution in [3.05, 3.63) is 30.1 Å². The fraction of sp³-hybridized carbons (Fsp3) is 0.611. The summed E-state index contributed by atoms with van der Waals surface area (Å²) in [6, 6.07) is 2.49. The van der Waals surface area contributed by atoms with Crippen molar-refractivity contribution in [2.24, 2.45) is 5.92 Å². The maximum Gasteiger partial charge on any atom is 0.408 e. The van der Waals surface area contributed by atoms with E-state index in [1.165, 1.54) is 0 Å². The molecule has 0 bridgehead atoms. The van der Waals surface area contributed by atoms with Crippen LogP contribution in [0.5, 0.6) is 0 Å². The maximum absolute atomic E-state index is 12.6. The van der Waals surface area contributed by atoms with Gasteiger partial charge in [-0.15, -0.1) is 0 Å². The molecule has 2 amide bonds. The van der Waals surface area contributed by atoms with Gasteiger partial charge in [0.25, 0.3) is 0 Å². The van der Waals surface area contributed by atoms with Crippen LogP contribution in [0.3, 0.4) is 0 Å². The number of nitrogens with zero attached hydrogens (tertiary/aromatic N) is 1. The van der Waals surface area contributed by atoms with Gasteiger partial charge in [-0.2, -0.15) is 0 Å². The van der Waals surface area contributed by atoms with Crippen molar-refractivity contribution in [3.8, 4) is 0 Å². The van der Waals surface area contributed by atoms with Crippen LogP contribution >= 0.6 is 0 Å². The largest absolute Gasteiger partial charge is 0.445 e. The van der Waals surface area contributed by atoms with Crippen molar-refractivity contribution >= 4 is 12.0 Å². The van der Waals surface area contributed by atoms with E-state index in [0.717, 1.165) is 12.1 Å². The van der Waals surface area contributed by atoms with Crippen LogP contribution in [0.4, 0.5) is 4.79 Å². The molecule has 1 aliphatic rings. The average molecular weight is 364 g/mol. The van der Waals surface area contributed by atoms with Crippen molar-refractivity contribution in [1.82, 2.24) is 20.9 Å². The molecule has 1 aromatic rings. The molecule has 8 nitrogen and oxygen atoms in total. The van der Waals surface area contributed by atoms with Crippen LogP contribution in [0.25, 0.3) is 0 Å². The molecule has 3 atom stereocenters. The summed E-state index contributed by atoms with van der Waals surface area (Å²) in [5.74, 6) is -0.0882. The van der Waals surface area contributed by atoms with Gasteiger partial charge in [-0.05, 0) is 43.0 Å². The molecule has 1 saturated heterocycles. The van der Waals surface area contributed by atoms with E-state index in [0.29, 0.717) is 19.4 Å². The van der Waals surface area contributed by atoms with Gasteiger partial charge >= 0.3 is 6.09 Å². The smallest absolute Gasteiger partial charge is 0.408 e. The number of pyridine rings is 1. The van der Waals surface area contributed by atoms with Crippen molar-refractivity contribution in [1.29, 1.82) is 0 Å². The molecular weight excluding hydrogens is 336 g/mol. The molecule has 2 rings (SSSR count). The van der Waals surface area contributed by atoms with Crippen LogP contribution < -0.4 is 16.0 Å². The minimum absolute atomic E-state index is 0.109. The van der Waals surface area contributed by atoms with E-state index in [1.807, 2.05) is 13.8 Å². The quantitative estimate of drug-likeness (QED) is 0.562. The van der Waals surface area contributed by atoms with Gasteiger partial charge in [0.15, 0.2) is 0 Å². The Hall–Kier alpha value is -2.19. The number of nitrogens with one attached hydrogen (secondary N) is 3. The first-order valence-corrected chi connectivity index (χ1v) is 8.97. The molecule has 0 spiro atoms. The SMILES string of the molecule is CC(C)C[C@H](NC(=O)OCc1ccncc1)C(=O)NC1CCNCC1O. The number of hydrogen-bond donors (Lipinski definition) is 4. The summed E-state index contributed by atoms with van der Waals surface area (Å²) in [5.41, 5.74) is 0.817. The third-order valence-electron chi connectivity index (χ3n) is 4.21. The number of amides is 2. The monoisotopic (exact) mass is 364 g/mol. The number of piperidine rings is 1. The number of aliphatic hydroxyl groups is 1. The summed E-state index contributed by atoms with van der Waals surface area (Å²) in [7, 11) is 0. The second kappa shape index (κ2) is 10.1. The molecule has 1 aromatic heterocycles. The molecule has 2 unspecified atom stereocenters. The number of hydrogen-bond acceptors (Lipinski definition) is 6. The summed E-state index contributed by atoms with van der Waals surface area (Å²) >= 11 is 0. The first-order valence-electron chi connectivity index (χ1n) is 8.97. The second-order valence-electron chi connectivity index (χ2n) is 6.93. The lowest BCUT2D eigenvalue weighted by Gasteiger charge is -2.31. The number of rotatable bonds is 7. The summed E-state index contributed by atoms with van der Waals surface area (Å²) < 4.78 is 5.18. The first-order chi connectivity index (χ1) is 12.5. The minimum Gasteiger partial charge on any atom is -0.445 e. The van der Waals surface area contributed by atoms with E-state index < -0.39 is 18.2 Å². The molecule has 0 aromatic carbocycles. The predicted octanol–water partition coefficient (Wildman–Crippen LogP) is 0.562. The van der Waals surface area contributed by atoms with E-state index in [4.69, 9.17) is 4.74 Å².